The number of hydrogen-bond acceptors (Lipinski definition) is 5. The normalized spacial score (nSPS) is 13.0. The van der Waals surface area contributed by atoms with Gasteiger partial charge in [-0.3, -0.25) is 0 Å². The third-order valence-corrected chi connectivity index (χ3v) is 7.55. The molecule has 2 heterocycles. The van der Waals surface area contributed by atoms with E-state index in [1.165, 1.54) is 32.7 Å². The summed E-state index contributed by atoms with van der Waals surface area (Å²) in [4.78, 5) is 13.6. The van der Waals surface area contributed by atoms with E-state index in [0.717, 1.165) is 45.8 Å². The lowest BCUT2D eigenvalue weighted by Gasteiger charge is -2.10. The van der Waals surface area contributed by atoms with Gasteiger partial charge in [-0.15, -0.1) is 23.1 Å². The average Bonchev–Trinajstić information content (AvgIpc) is 3.30. The van der Waals surface area contributed by atoms with Crippen LogP contribution in [0.5, 0.6) is 0 Å². The minimum absolute atomic E-state index is 0.725. The van der Waals surface area contributed by atoms with Gasteiger partial charge in [0.15, 0.2) is 0 Å². The van der Waals surface area contributed by atoms with E-state index in [1.54, 1.807) is 11.8 Å². The van der Waals surface area contributed by atoms with E-state index in [9.17, 15) is 0 Å². The van der Waals surface area contributed by atoms with Gasteiger partial charge in [0.2, 0.25) is 0 Å². The predicted octanol–water partition coefficient (Wildman–Crippen LogP) is 7.18. The molecule has 1 aliphatic rings. The minimum atomic E-state index is 0.725. The number of halogens is 1. The second-order valence-electron chi connectivity index (χ2n) is 7.26. The molecule has 0 bridgehead atoms. The minimum Gasteiger partial charge on any atom is -0.340 e. The molecule has 0 amide bonds. The smallest absolute Gasteiger partial charge is 0.143 e. The fourth-order valence-electron chi connectivity index (χ4n) is 3.65. The Kier molecular flexibility index (Phi) is 5.20. The lowest BCUT2D eigenvalue weighted by atomic mass is 10.2. The molecule has 0 atom stereocenters. The number of aromatic nitrogens is 2. The summed E-state index contributed by atoms with van der Waals surface area (Å²) in [6, 6.07) is 16.4. The second-order valence-corrected chi connectivity index (χ2v) is 9.83. The van der Waals surface area contributed by atoms with Crippen LogP contribution in [0.2, 0.25) is 5.02 Å². The zero-order valence-electron chi connectivity index (χ0n) is 16.0. The van der Waals surface area contributed by atoms with E-state index in [-0.39, 0.29) is 0 Å². The van der Waals surface area contributed by atoms with E-state index < -0.39 is 0 Å². The number of fused-ring (bicyclic) bond motifs is 3. The molecule has 0 aliphatic heterocycles. The van der Waals surface area contributed by atoms with Crippen molar-refractivity contribution in [3.63, 3.8) is 0 Å². The Labute approximate surface area is 183 Å². The van der Waals surface area contributed by atoms with Gasteiger partial charge in [-0.25, -0.2) is 9.97 Å². The van der Waals surface area contributed by atoms with Crippen LogP contribution in [0.3, 0.4) is 0 Å². The van der Waals surface area contributed by atoms with Gasteiger partial charge < -0.3 is 5.32 Å². The van der Waals surface area contributed by atoms with Crippen molar-refractivity contribution in [2.45, 2.75) is 36.8 Å². The van der Waals surface area contributed by atoms with Gasteiger partial charge in [-0.2, -0.15) is 0 Å². The van der Waals surface area contributed by atoms with Crippen LogP contribution < -0.4 is 5.32 Å². The lowest BCUT2D eigenvalue weighted by molar-refractivity contribution is 0.917. The van der Waals surface area contributed by atoms with Gasteiger partial charge in [0.05, 0.1) is 11.1 Å². The molecule has 0 unspecified atom stereocenters. The Morgan fingerprint density at radius 2 is 1.83 bits per heavy atom. The quantitative estimate of drug-likeness (QED) is 0.335. The zero-order valence-corrected chi connectivity index (χ0v) is 18.4. The molecule has 1 aliphatic carbocycles. The number of anilines is 2. The first kappa shape index (κ1) is 18.9. The van der Waals surface area contributed by atoms with E-state index >= 15 is 0 Å². The monoisotopic (exact) mass is 437 g/mol. The lowest BCUT2D eigenvalue weighted by Crippen LogP contribution is -2.01. The predicted molar refractivity (Wildman–Crippen MR) is 125 cm³/mol. The van der Waals surface area contributed by atoms with Crippen molar-refractivity contribution in [3.8, 4) is 0 Å². The zero-order chi connectivity index (χ0) is 19.8. The van der Waals surface area contributed by atoms with Crippen molar-refractivity contribution in [1.29, 1.82) is 0 Å². The van der Waals surface area contributed by atoms with E-state index in [1.807, 2.05) is 35.6 Å². The molecule has 4 aromatic rings. The largest absolute Gasteiger partial charge is 0.340 e. The molecule has 146 valence electrons. The highest BCUT2D eigenvalue weighted by Crippen LogP contribution is 2.40. The van der Waals surface area contributed by atoms with Crippen LogP contribution in [0.1, 0.15) is 28.2 Å². The number of rotatable bonds is 5. The fraction of sp³-hybridized carbons (Fsp3) is 0.217. The molecule has 29 heavy (non-hydrogen) atoms. The van der Waals surface area contributed by atoms with Gasteiger partial charge in [0, 0.05) is 20.5 Å². The number of thioether (sulfide) groups is 1. The Morgan fingerprint density at radius 1 is 1.03 bits per heavy atom. The Morgan fingerprint density at radius 3 is 2.62 bits per heavy atom. The van der Waals surface area contributed by atoms with Crippen molar-refractivity contribution in [2.75, 3.05) is 5.32 Å². The van der Waals surface area contributed by atoms with Crippen LogP contribution in [-0.2, 0) is 18.6 Å². The van der Waals surface area contributed by atoms with Crippen molar-refractivity contribution in [3.05, 3.63) is 75.4 Å². The average molecular weight is 438 g/mol. The Hall–Kier alpha value is -2.08. The van der Waals surface area contributed by atoms with Crippen LogP contribution >= 0.6 is 34.7 Å². The number of thiophene rings is 1. The Bertz CT molecular complexity index is 1170. The molecular formula is C23H20ClN3S2. The highest BCUT2D eigenvalue weighted by atomic mass is 35.5. The maximum Gasteiger partial charge on any atom is 0.143 e. The number of nitrogens with one attached hydrogen (secondary N) is 1. The summed E-state index contributed by atoms with van der Waals surface area (Å²) in [6.45, 7) is 2.10. The number of nitrogens with zero attached hydrogens (tertiary/aromatic N) is 2. The number of hydrogen-bond donors (Lipinski definition) is 1. The summed E-state index contributed by atoms with van der Waals surface area (Å²) in [7, 11) is 0. The summed E-state index contributed by atoms with van der Waals surface area (Å²) in [5.41, 5.74) is 3.75. The maximum atomic E-state index is 6.00. The summed E-state index contributed by atoms with van der Waals surface area (Å²) in [6.07, 6.45) is 3.52. The highest BCUT2D eigenvalue weighted by Gasteiger charge is 2.22. The van der Waals surface area contributed by atoms with E-state index in [4.69, 9.17) is 21.6 Å². The number of benzene rings is 2. The van der Waals surface area contributed by atoms with Crippen LogP contribution in [0.15, 0.2) is 53.4 Å². The van der Waals surface area contributed by atoms with Gasteiger partial charge in [-0.1, -0.05) is 29.3 Å². The first-order valence-corrected chi connectivity index (χ1v) is 11.9. The first-order chi connectivity index (χ1) is 14.2. The third-order valence-electron chi connectivity index (χ3n) is 5.11. The Balaban J connectivity index is 1.50. The third kappa shape index (κ3) is 4.00. The molecule has 1 N–H and O–H groups in total. The molecule has 2 aromatic heterocycles. The maximum absolute atomic E-state index is 6.00. The van der Waals surface area contributed by atoms with Crippen LogP contribution in [0.25, 0.3) is 10.2 Å². The van der Waals surface area contributed by atoms with Gasteiger partial charge in [0.25, 0.3) is 0 Å². The summed E-state index contributed by atoms with van der Waals surface area (Å²) in [5, 5.41) is 5.53. The van der Waals surface area contributed by atoms with Crippen molar-refractivity contribution >= 4 is 56.4 Å². The first-order valence-electron chi connectivity index (χ1n) is 9.69. The molecule has 0 saturated heterocycles. The SMILES string of the molecule is Cc1ccc(Nc2nc(CSc3ccc(Cl)cc3)nc3sc4c(c23)CCC4)cc1. The molecule has 3 nitrogen and oxygen atoms in total. The van der Waals surface area contributed by atoms with Crippen LogP contribution in [0.4, 0.5) is 11.5 Å². The molecule has 2 aromatic carbocycles. The summed E-state index contributed by atoms with van der Waals surface area (Å²) in [5.74, 6) is 2.51. The van der Waals surface area contributed by atoms with E-state index in [0.29, 0.717) is 0 Å². The van der Waals surface area contributed by atoms with Gasteiger partial charge in [0.1, 0.15) is 16.5 Å². The fourth-order valence-corrected chi connectivity index (χ4v) is 5.81. The number of aryl methyl sites for hydroxylation is 3. The second kappa shape index (κ2) is 7.98. The standard InChI is InChI=1S/C23H20ClN3S2/c1-14-5-9-16(10-6-14)25-22-21-18-3-2-4-19(18)29-23(21)27-20(26-22)13-28-17-11-7-15(24)8-12-17/h5-12H,2-4,13H2,1H3,(H,25,26,27). The highest BCUT2D eigenvalue weighted by molar-refractivity contribution is 7.98. The van der Waals surface area contributed by atoms with Crippen LogP contribution in [-0.4, -0.2) is 9.97 Å². The van der Waals surface area contributed by atoms with Crippen molar-refractivity contribution in [2.24, 2.45) is 0 Å². The molecule has 5 rings (SSSR count). The van der Waals surface area contributed by atoms with Crippen LogP contribution in [0, 0.1) is 6.92 Å². The molecule has 0 spiro atoms. The summed E-state index contributed by atoms with van der Waals surface area (Å²) < 4.78 is 0. The topological polar surface area (TPSA) is 37.8 Å². The molecule has 0 saturated carbocycles. The molecule has 0 fully saturated rings. The molecule has 6 heteroatoms. The molecular weight excluding hydrogens is 418 g/mol. The van der Waals surface area contributed by atoms with Crippen molar-refractivity contribution < 1.29 is 0 Å². The van der Waals surface area contributed by atoms with E-state index in [2.05, 4.69) is 36.5 Å². The van der Waals surface area contributed by atoms with Gasteiger partial charge >= 0.3 is 0 Å². The summed E-state index contributed by atoms with van der Waals surface area (Å²) >= 11 is 9.56. The molecule has 0 radical (unpaired) electrons. The van der Waals surface area contributed by atoms with Gasteiger partial charge in [-0.05, 0) is 68.1 Å². The van der Waals surface area contributed by atoms with Crippen molar-refractivity contribution in [1.82, 2.24) is 9.97 Å².